The van der Waals surface area contributed by atoms with E-state index in [1.807, 2.05) is 0 Å². The van der Waals surface area contributed by atoms with Gasteiger partial charge >= 0.3 is 0 Å². The average Bonchev–Trinajstić information content (AvgIpc) is 2.69. The summed E-state index contributed by atoms with van der Waals surface area (Å²) in [5.41, 5.74) is 0.906. The largest absolute Gasteiger partial charge is 0.368 e. The Labute approximate surface area is 152 Å². The normalized spacial score (nSPS) is 15.9. The predicted octanol–water partition coefficient (Wildman–Crippen LogP) is 2.04. The van der Waals surface area contributed by atoms with Gasteiger partial charge in [-0.2, -0.15) is 0 Å². The molecule has 0 saturated carbocycles. The van der Waals surface area contributed by atoms with Crippen LogP contribution in [0.4, 0.5) is 11.4 Å². The SMILES string of the molecule is COC1(C(=O)Nc2cccc(NC(=O)c3ccncc3)c2)CCNCC1. The third-order valence-corrected chi connectivity index (χ3v) is 4.54. The van der Waals surface area contributed by atoms with Crippen molar-refractivity contribution in [1.29, 1.82) is 0 Å². The Hall–Kier alpha value is -2.77. The Bertz CT molecular complexity index is 773. The number of pyridine rings is 1. The van der Waals surface area contributed by atoms with E-state index in [0.29, 0.717) is 29.8 Å². The van der Waals surface area contributed by atoms with Crippen molar-refractivity contribution in [2.45, 2.75) is 18.4 Å². The van der Waals surface area contributed by atoms with Gasteiger partial charge in [0.2, 0.25) is 0 Å². The molecule has 2 amide bonds. The summed E-state index contributed by atoms with van der Waals surface area (Å²) in [5.74, 6) is -0.401. The standard InChI is InChI=1S/C19H22N4O3/c1-26-19(7-11-21-12-8-19)18(25)23-16-4-2-3-15(13-16)22-17(24)14-5-9-20-10-6-14/h2-6,9-10,13,21H,7-8,11-12H2,1H3,(H,22,24)(H,23,25). The lowest BCUT2D eigenvalue weighted by Gasteiger charge is -2.34. The van der Waals surface area contributed by atoms with Crippen LogP contribution in [-0.4, -0.2) is 42.6 Å². The maximum atomic E-state index is 12.7. The van der Waals surface area contributed by atoms with E-state index in [4.69, 9.17) is 4.74 Å². The van der Waals surface area contributed by atoms with Crippen LogP contribution in [0.2, 0.25) is 0 Å². The lowest BCUT2D eigenvalue weighted by atomic mass is 9.91. The number of nitrogens with one attached hydrogen (secondary N) is 3. The summed E-state index contributed by atoms with van der Waals surface area (Å²) >= 11 is 0. The molecule has 0 spiro atoms. The molecule has 3 N–H and O–H groups in total. The van der Waals surface area contributed by atoms with Gasteiger partial charge in [-0.1, -0.05) is 6.07 Å². The van der Waals surface area contributed by atoms with Crippen LogP contribution < -0.4 is 16.0 Å². The molecule has 0 bridgehead atoms. The molecule has 1 aromatic heterocycles. The van der Waals surface area contributed by atoms with Crippen LogP contribution in [0.1, 0.15) is 23.2 Å². The molecular formula is C19H22N4O3. The minimum atomic E-state index is -0.818. The lowest BCUT2D eigenvalue weighted by molar-refractivity contribution is -0.140. The van der Waals surface area contributed by atoms with Crippen molar-refractivity contribution < 1.29 is 14.3 Å². The Balaban J connectivity index is 1.69. The molecule has 1 aliphatic heterocycles. The second-order valence-electron chi connectivity index (χ2n) is 6.17. The molecule has 0 radical (unpaired) electrons. The molecule has 0 aliphatic carbocycles. The highest BCUT2D eigenvalue weighted by Crippen LogP contribution is 2.25. The summed E-state index contributed by atoms with van der Waals surface area (Å²) < 4.78 is 5.54. The highest BCUT2D eigenvalue weighted by Gasteiger charge is 2.39. The van der Waals surface area contributed by atoms with E-state index in [9.17, 15) is 9.59 Å². The molecule has 0 unspecified atom stereocenters. The van der Waals surface area contributed by atoms with Crippen molar-refractivity contribution in [3.8, 4) is 0 Å². The van der Waals surface area contributed by atoms with Gasteiger partial charge in [0.1, 0.15) is 5.60 Å². The Morgan fingerprint density at radius 1 is 1.08 bits per heavy atom. The summed E-state index contributed by atoms with van der Waals surface area (Å²) in [4.78, 5) is 28.9. The van der Waals surface area contributed by atoms with Crippen molar-refractivity contribution in [1.82, 2.24) is 10.3 Å². The first-order chi connectivity index (χ1) is 12.6. The molecule has 2 heterocycles. The van der Waals surface area contributed by atoms with Gasteiger partial charge in [-0.25, -0.2) is 0 Å². The molecule has 7 heteroatoms. The molecular weight excluding hydrogens is 332 g/mol. The second-order valence-corrected chi connectivity index (χ2v) is 6.17. The summed E-state index contributed by atoms with van der Waals surface area (Å²) in [5, 5.41) is 8.95. The minimum Gasteiger partial charge on any atom is -0.368 e. The predicted molar refractivity (Wildman–Crippen MR) is 99.1 cm³/mol. The molecule has 1 aromatic carbocycles. The average molecular weight is 354 g/mol. The zero-order chi connectivity index (χ0) is 18.4. The van der Waals surface area contributed by atoms with Gasteiger partial charge < -0.3 is 20.7 Å². The molecule has 2 aromatic rings. The third-order valence-electron chi connectivity index (χ3n) is 4.54. The number of benzene rings is 1. The number of methoxy groups -OCH3 is 1. The maximum Gasteiger partial charge on any atom is 0.256 e. The minimum absolute atomic E-state index is 0.167. The monoisotopic (exact) mass is 354 g/mol. The van der Waals surface area contributed by atoms with Crippen LogP contribution in [0.25, 0.3) is 0 Å². The van der Waals surface area contributed by atoms with Crippen LogP contribution >= 0.6 is 0 Å². The summed E-state index contributed by atoms with van der Waals surface area (Å²) in [6.45, 7) is 1.48. The van der Waals surface area contributed by atoms with Gasteiger partial charge in [0, 0.05) is 36.4 Å². The summed E-state index contributed by atoms with van der Waals surface area (Å²) in [6.07, 6.45) is 4.37. The fraction of sp³-hybridized carbons (Fsp3) is 0.316. The number of rotatable bonds is 5. The molecule has 0 atom stereocenters. The number of anilines is 2. The van der Waals surface area contributed by atoms with Crippen molar-refractivity contribution in [3.05, 3.63) is 54.4 Å². The Kier molecular flexibility index (Phi) is 5.60. The summed E-state index contributed by atoms with van der Waals surface area (Å²) in [6, 6.07) is 10.3. The van der Waals surface area contributed by atoms with Crippen molar-refractivity contribution >= 4 is 23.2 Å². The van der Waals surface area contributed by atoms with Crippen LogP contribution in [0.3, 0.4) is 0 Å². The number of aromatic nitrogens is 1. The Morgan fingerprint density at radius 2 is 1.73 bits per heavy atom. The fourth-order valence-corrected chi connectivity index (χ4v) is 2.98. The first-order valence-electron chi connectivity index (χ1n) is 8.52. The van der Waals surface area contributed by atoms with Gasteiger partial charge in [0.15, 0.2) is 0 Å². The van der Waals surface area contributed by atoms with Gasteiger partial charge in [-0.05, 0) is 56.3 Å². The van der Waals surface area contributed by atoms with Crippen molar-refractivity contribution in [3.63, 3.8) is 0 Å². The first-order valence-corrected chi connectivity index (χ1v) is 8.52. The topological polar surface area (TPSA) is 92.4 Å². The maximum absolute atomic E-state index is 12.7. The third kappa shape index (κ3) is 4.07. The van der Waals surface area contributed by atoms with E-state index in [-0.39, 0.29) is 11.8 Å². The van der Waals surface area contributed by atoms with E-state index < -0.39 is 5.60 Å². The number of ether oxygens (including phenoxy) is 1. The molecule has 3 rings (SSSR count). The zero-order valence-electron chi connectivity index (χ0n) is 14.6. The van der Waals surface area contributed by atoms with Crippen LogP contribution in [-0.2, 0) is 9.53 Å². The highest BCUT2D eigenvalue weighted by molar-refractivity contribution is 6.04. The van der Waals surface area contributed by atoms with E-state index in [0.717, 1.165) is 13.1 Å². The summed E-state index contributed by atoms with van der Waals surface area (Å²) in [7, 11) is 1.57. The van der Waals surface area contributed by atoms with Gasteiger partial charge in [-0.15, -0.1) is 0 Å². The molecule has 1 fully saturated rings. The Morgan fingerprint density at radius 3 is 2.38 bits per heavy atom. The second kappa shape index (κ2) is 8.07. The number of amides is 2. The lowest BCUT2D eigenvalue weighted by Crippen LogP contribution is -2.51. The van der Waals surface area contributed by atoms with Crippen LogP contribution in [0, 0.1) is 0 Å². The highest BCUT2D eigenvalue weighted by atomic mass is 16.5. The number of hydrogen-bond acceptors (Lipinski definition) is 5. The number of piperidine rings is 1. The van der Waals surface area contributed by atoms with E-state index in [1.54, 1.807) is 55.9 Å². The number of hydrogen-bond donors (Lipinski definition) is 3. The zero-order valence-corrected chi connectivity index (χ0v) is 14.6. The van der Waals surface area contributed by atoms with E-state index in [1.165, 1.54) is 0 Å². The first kappa shape index (κ1) is 18.0. The molecule has 1 aliphatic rings. The smallest absolute Gasteiger partial charge is 0.256 e. The van der Waals surface area contributed by atoms with E-state index >= 15 is 0 Å². The van der Waals surface area contributed by atoms with Crippen molar-refractivity contribution in [2.75, 3.05) is 30.8 Å². The van der Waals surface area contributed by atoms with Gasteiger partial charge in [-0.3, -0.25) is 14.6 Å². The number of nitrogens with zero attached hydrogens (tertiary/aromatic N) is 1. The molecule has 26 heavy (non-hydrogen) atoms. The quantitative estimate of drug-likeness (QED) is 0.764. The fourth-order valence-electron chi connectivity index (χ4n) is 2.98. The van der Waals surface area contributed by atoms with Crippen LogP contribution in [0.5, 0.6) is 0 Å². The van der Waals surface area contributed by atoms with Gasteiger partial charge in [0.05, 0.1) is 0 Å². The van der Waals surface area contributed by atoms with Crippen molar-refractivity contribution in [2.24, 2.45) is 0 Å². The molecule has 1 saturated heterocycles. The van der Waals surface area contributed by atoms with Crippen LogP contribution in [0.15, 0.2) is 48.8 Å². The van der Waals surface area contributed by atoms with Gasteiger partial charge in [0.25, 0.3) is 11.8 Å². The number of carbonyl (C=O) groups is 2. The molecule has 7 nitrogen and oxygen atoms in total. The molecule has 136 valence electrons. The van der Waals surface area contributed by atoms with E-state index in [2.05, 4.69) is 20.9 Å². The number of carbonyl (C=O) groups excluding carboxylic acids is 2.